The van der Waals surface area contributed by atoms with Gasteiger partial charge in [0.15, 0.2) is 5.78 Å². The number of nitrogens with one attached hydrogen (secondary N) is 2. The number of amides is 2. The van der Waals surface area contributed by atoms with E-state index in [-0.39, 0.29) is 17.6 Å². The number of anilines is 1. The molecule has 0 radical (unpaired) electrons. The van der Waals surface area contributed by atoms with Gasteiger partial charge < -0.3 is 15.2 Å². The van der Waals surface area contributed by atoms with E-state index in [9.17, 15) is 14.4 Å². The van der Waals surface area contributed by atoms with Gasteiger partial charge in [-0.2, -0.15) is 0 Å². The smallest absolute Gasteiger partial charge is 0.252 e. The number of halogens is 1. The summed E-state index contributed by atoms with van der Waals surface area (Å²) < 4.78 is 1.95. The average Bonchev–Trinajstić information content (AvgIpc) is 3.48. The van der Waals surface area contributed by atoms with E-state index in [0.717, 1.165) is 42.1 Å². The first kappa shape index (κ1) is 25.9. The van der Waals surface area contributed by atoms with Gasteiger partial charge >= 0.3 is 0 Å². The normalized spacial score (nSPS) is 14.7. The lowest BCUT2D eigenvalue weighted by Crippen LogP contribution is -2.25. The second-order valence-corrected chi connectivity index (χ2v) is 10.1. The van der Waals surface area contributed by atoms with E-state index >= 15 is 0 Å². The minimum absolute atomic E-state index is 0.0946. The minimum atomic E-state index is -0.398. The van der Waals surface area contributed by atoms with Crippen molar-refractivity contribution in [2.75, 3.05) is 11.9 Å². The van der Waals surface area contributed by atoms with Gasteiger partial charge in [0.05, 0.1) is 16.5 Å². The Bertz CT molecular complexity index is 1280. The number of aromatic nitrogens is 2. The molecule has 2 aromatic heterocycles. The molecule has 0 saturated heterocycles. The summed E-state index contributed by atoms with van der Waals surface area (Å²) in [5.41, 5.74) is 2.68. The molecule has 1 saturated carbocycles. The van der Waals surface area contributed by atoms with Crippen LogP contribution < -0.4 is 10.6 Å². The molecule has 3 aromatic rings. The molecule has 0 aliphatic heterocycles. The fraction of sp³-hybridized carbons (Fsp3) is 0.429. The molecule has 2 amide bonds. The van der Waals surface area contributed by atoms with Gasteiger partial charge in [-0.1, -0.05) is 44.2 Å². The molecule has 1 aliphatic carbocycles. The number of carbonyl (C=O) groups is 3. The van der Waals surface area contributed by atoms with Crippen LogP contribution in [0, 0.1) is 5.92 Å². The van der Waals surface area contributed by atoms with Crippen molar-refractivity contribution in [1.29, 1.82) is 0 Å². The summed E-state index contributed by atoms with van der Waals surface area (Å²) in [6.07, 6.45) is 9.63. The number of carbonyl (C=O) groups excluding carboxylic acids is 3. The maximum absolute atomic E-state index is 13.6. The van der Waals surface area contributed by atoms with Crippen molar-refractivity contribution in [1.82, 2.24) is 14.9 Å². The standard InChI is InChI=1S/C28H33ClN4O3/c1-4-11-30-27(35)19-9-10-26(31-15-19)32-28(36)22(12-18-7-5-6-8-18)23-16-33(3)25-14-20(17(2)34)24(29)13-21(23)25/h9-10,13-16,18,22H,4-8,11-12H2,1-3H3,(H,30,35)(H,31,32,36). The van der Waals surface area contributed by atoms with Gasteiger partial charge in [-0.05, 0) is 55.5 Å². The fourth-order valence-corrected chi connectivity index (χ4v) is 5.39. The molecule has 1 atom stereocenters. The van der Waals surface area contributed by atoms with E-state index in [0.29, 0.717) is 34.4 Å². The molecule has 2 heterocycles. The maximum atomic E-state index is 13.6. The number of hydrogen-bond donors (Lipinski definition) is 2. The second-order valence-electron chi connectivity index (χ2n) is 9.72. The molecule has 1 aliphatic rings. The summed E-state index contributed by atoms with van der Waals surface area (Å²) in [4.78, 5) is 42.2. The Morgan fingerprint density at radius 2 is 1.94 bits per heavy atom. The Hall–Kier alpha value is -3.19. The van der Waals surface area contributed by atoms with Crippen LogP contribution in [-0.4, -0.2) is 33.7 Å². The largest absolute Gasteiger partial charge is 0.352 e. The predicted molar refractivity (Wildman–Crippen MR) is 143 cm³/mol. The number of rotatable bonds is 9. The molecule has 36 heavy (non-hydrogen) atoms. The van der Waals surface area contributed by atoms with Crippen molar-refractivity contribution in [3.8, 4) is 0 Å². The SMILES string of the molecule is CCCNC(=O)c1ccc(NC(=O)C(CC2CCCC2)c2cn(C)c3cc(C(C)=O)c(Cl)cc23)nc1. The highest BCUT2D eigenvalue weighted by Crippen LogP contribution is 2.39. The Kier molecular flexibility index (Phi) is 8.09. The van der Waals surface area contributed by atoms with Crippen LogP contribution in [0.25, 0.3) is 10.9 Å². The van der Waals surface area contributed by atoms with E-state index in [2.05, 4.69) is 15.6 Å². The number of pyridine rings is 1. The summed E-state index contributed by atoms with van der Waals surface area (Å²) in [6.45, 7) is 4.09. The zero-order valence-corrected chi connectivity index (χ0v) is 21.8. The van der Waals surface area contributed by atoms with Crippen LogP contribution in [-0.2, 0) is 11.8 Å². The molecule has 2 N–H and O–H groups in total. The van der Waals surface area contributed by atoms with Crippen molar-refractivity contribution in [3.63, 3.8) is 0 Å². The zero-order valence-electron chi connectivity index (χ0n) is 21.1. The van der Waals surface area contributed by atoms with E-state index in [1.807, 2.05) is 24.7 Å². The topological polar surface area (TPSA) is 93.1 Å². The molecule has 4 rings (SSSR count). The lowest BCUT2D eigenvalue weighted by molar-refractivity contribution is -0.118. The predicted octanol–water partition coefficient (Wildman–Crippen LogP) is 5.87. The van der Waals surface area contributed by atoms with Crippen molar-refractivity contribution >= 4 is 45.9 Å². The van der Waals surface area contributed by atoms with Crippen LogP contribution >= 0.6 is 11.6 Å². The first-order valence-electron chi connectivity index (χ1n) is 12.6. The average molecular weight is 509 g/mol. The molecule has 7 nitrogen and oxygen atoms in total. The van der Waals surface area contributed by atoms with Crippen molar-refractivity contribution < 1.29 is 14.4 Å². The lowest BCUT2D eigenvalue weighted by Gasteiger charge is -2.20. The quantitative estimate of drug-likeness (QED) is 0.353. The summed E-state index contributed by atoms with van der Waals surface area (Å²) in [5, 5.41) is 7.05. The lowest BCUT2D eigenvalue weighted by atomic mass is 9.87. The Morgan fingerprint density at radius 1 is 1.19 bits per heavy atom. The molecule has 1 aromatic carbocycles. The van der Waals surface area contributed by atoms with Gasteiger partial charge in [-0.15, -0.1) is 0 Å². The zero-order chi connectivity index (χ0) is 25.8. The highest BCUT2D eigenvalue weighted by Gasteiger charge is 2.30. The van der Waals surface area contributed by atoms with Gasteiger partial charge in [0.25, 0.3) is 5.91 Å². The Morgan fingerprint density at radius 3 is 2.58 bits per heavy atom. The molecule has 1 fully saturated rings. The van der Waals surface area contributed by atoms with Crippen LogP contribution in [0.3, 0.4) is 0 Å². The third-order valence-electron chi connectivity index (χ3n) is 7.04. The van der Waals surface area contributed by atoms with Gasteiger partial charge in [0, 0.05) is 42.5 Å². The number of nitrogens with zero attached hydrogens (tertiary/aromatic N) is 2. The third kappa shape index (κ3) is 5.62. The highest BCUT2D eigenvalue weighted by atomic mass is 35.5. The van der Waals surface area contributed by atoms with E-state index in [1.54, 1.807) is 24.3 Å². The summed E-state index contributed by atoms with van der Waals surface area (Å²) in [7, 11) is 1.91. The molecule has 0 bridgehead atoms. The molecule has 0 spiro atoms. The first-order chi connectivity index (χ1) is 17.3. The van der Waals surface area contributed by atoms with Crippen LogP contribution in [0.1, 0.15) is 84.6 Å². The molecule has 190 valence electrons. The molecule has 8 heteroatoms. The summed E-state index contributed by atoms with van der Waals surface area (Å²) in [5.74, 6) is 0.0603. The van der Waals surface area contributed by atoms with Gasteiger partial charge in [0.2, 0.25) is 5.91 Å². The first-order valence-corrected chi connectivity index (χ1v) is 13.0. The van der Waals surface area contributed by atoms with Crippen molar-refractivity contribution in [3.05, 3.63) is 58.4 Å². The third-order valence-corrected chi connectivity index (χ3v) is 7.35. The number of benzene rings is 1. The molecule has 1 unspecified atom stereocenters. The van der Waals surface area contributed by atoms with Crippen LogP contribution in [0.4, 0.5) is 5.82 Å². The van der Waals surface area contributed by atoms with E-state index < -0.39 is 5.92 Å². The highest BCUT2D eigenvalue weighted by molar-refractivity contribution is 6.34. The van der Waals surface area contributed by atoms with Gasteiger partial charge in [0.1, 0.15) is 5.82 Å². The second kappa shape index (κ2) is 11.2. The van der Waals surface area contributed by atoms with Gasteiger partial charge in [-0.25, -0.2) is 4.98 Å². The number of fused-ring (bicyclic) bond motifs is 1. The van der Waals surface area contributed by atoms with Crippen molar-refractivity contribution in [2.24, 2.45) is 13.0 Å². The van der Waals surface area contributed by atoms with Crippen LogP contribution in [0.2, 0.25) is 5.02 Å². The van der Waals surface area contributed by atoms with E-state index in [1.165, 1.54) is 26.0 Å². The number of ketones is 1. The van der Waals surface area contributed by atoms with Crippen LogP contribution in [0.5, 0.6) is 0 Å². The fourth-order valence-electron chi connectivity index (χ4n) is 5.09. The van der Waals surface area contributed by atoms with Crippen molar-refractivity contribution in [2.45, 2.75) is 58.3 Å². The molecular formula is C28H33ClN4O3. The van der Waals surface area contributed by atoms with E-state index in [4.69, 9.17) is 11.6 Å². The number of Topliss-reactive ketones (excluding diaryl/α,β-unsaturated/α-hetero) is 1. The Labute approximate surface area is 216 Å². The number of hydrogen-bond acceptors (Lipinski definition) is 4. The maximum Gasteiger partial charge on any atom is 0.252 e. The number of aryl methyl sites for hydroxylation is 1. The summed E-state index contributed by atoms with van der Waals surface area (Å²) in [6, 6.07) is 6.93. The minimum Gasteiger partial charge on any atom is -0.352 e. The monoisotopic (exact) mass is 508 g/mol. The summed E-state index contributed by atoms with van der Waals surface area (Å²) >= 11 is 6.46. The van der Waals surface area contributed by atoms with Gasteiger partial charge in [-0.3, -0.25) is 14.4 Å². The molecular weight excluding hydrogens is 476 g/mol. The van der Waals surface area contributed by atoms with Crippen LogP contribution in [0.15, 0.2) is 36.7 Å². The Balaban J connectivity index is 1.63.